The lowest BCUT2D eigenvalue weighted by atomic mass is 10.0. The number of carboxylic acids is 1. The summed E-state index contributed by atoms with van der Waals surface area (Å²) in [5, 5.41) is 10.1. The van der Waals surface area contributed by atoms with E-state index < -0.39 is 16.0 Å². The third-order valence-corrected chi connectivity index (χ3v) is 7.57. The number of pyridine rings is 1. The monoisotopic (exact) mass is 440 g/mol. The predicted octanol–water partition coefficient (Wildman–Crippen LogP) is 4.09. The van der Waals surface area contributed by atoms with Crippen molar-refractivity contribution in [1.29, 1.82) is 0 Å². The summed E-state index contributed by atoms with van der Waals surface area (Å²) >= 11 is 0. The number of aromatic nitrogens is 1. The number of aryl methyl sites for hydroxylation is 1. The van der Waals surface area contributed by atoms with Crippen LogP contribution < -0.4 is 4.74 Å². The first kappa shape index (κ1) is 21.3. The summed E-state index contributed by atoms with van der Waals surface area (Å²) in [6, 6.07) is 11.5. The van der Waals surface area contributed by atoms with Crippen molar-refractivity contribution < 1.29 is 23.1 Å². The quantitative estimate of drug-likeness (QED) is 0.642. The number of piperidine rings is 1. The van der Waals surface area contributed by atoms with Crippen molar-refractivity contribution in [2.24, 2.45) is 0 Å². The molecule has 0 bridgehead atoms. The normalized spacial score (nSPS) is 15.2. The Bertz CT molecular complexity index is 1260. The number of methoxy groups -OCH3 is 1. The zero-order chi connectivity index (χ0) is 22.2. The Morgan fingerprint density at radius 2 is 1.81 bits per heavy atom. The molecule has 2 heterocycles. The van der Waals surface area contributed by atoms with Gasteiger partial charge < -0.3 is 9.84 Å². The molecule has 2 aromatic carbocycles. The van der Waals surface area contributed by atoms with Crippen molar-refractivity contribution in [3.63, 3.8) is 0 Å². The van der Waals surface area contributed by atoms with Crippen LogP contribution in [0.2, 0.25) is 0 Å². The number of sulfonamides is 1. The van der Waals surface area contributed by atoms with Gasteiger partial charge in [0.25, 0.3) is 0 Å². The molecule has 0 spiro atoms. The Kier molecular flexibility index (Phi) is 5.68. The molecule has 162 valence electrons. The molecule has 8 heteroatoms. The molecule has 1 N–H and O–H groups in total. The molecule has 1 fully saturated rings. The Labute approximate surface area is 181 Å². The van der Waals surface area contributed by atoms with Crippen LogP contribution in [0.3, 0.4) is 0 Å². The summed E-state index contributed by atoms with van der Waals surface area (Å²) in [4.78, 5) is 16.8. The van der Waals surface area contributed by atoms with Crippen molar-refractivity contribution >= 4 is 26.9 Å². The van der Waals surface area contributed by atoms with Crippen LogP contribution in [0.25, 0.3) is 22.2 Å². The van der Waals surface area contributed by atoms with E-state index in [1.807, 2.05) is 19.1 Å². The first-order valence-corrected chi connectivity index (χ1v) is 11.6. The minimum Gasteiger partial charge on any atom is -0.497 e. The molecular weight excluding hydrogens is 416 g/mol. The van der Waals surface area contributed by atoms with Crippen LogP contribution in [0, 0.1) is 6.92 Å². The Morgan fingerprint density at radius 3 is 2.45 bits per heavy atom. The topological polar surface area (TPSA) is 96.8 Å². The lowest BCUT2D eigenvalue weighted by Gasteiger charge is -2.26. The second-order valence-electron chi connectivity index (χ2n) is 7.68. The Hall–Kier alpha value is -2.97. The summed E-state index contributed by atoms with van der Waals surface area (Å²) in [6.07, 6.45) is 2.68. The summed E-state index contributed by atoms with van der Waals surface area (Å²) in [7, 11) is -2.09. The molecule has 0 saturated carbocycles. The first-order chi connectivity index (χ1) is 14.8. The number of ether oxygens (including phenoxy) is 1. The van der Waals surface area contributed by atoms with Crippen molar-refractivity contribution in [2.75, 3.05) is 20.2 Å². The fourth-order valence-electron chi connectivity index (χ4n) is 3.99. The number of aromatic carboxylic acids is 1. The van der Waals surface area contributed by atoms with Gasteiger partial charge in [-0.3, -0.25) is 0 Å². The van der Waals surface area contributed by atoms with E-state index in [1.54, 1.807) is 19.2 Å². The minimum absolute atomic E-state index is 0.0194. The highest BCUT2D eigenvalue weighted by Gasteiger charge is 2.27. The van der Waals surface area contributed by atoms with Crippen LogP contribution in [0.15, 0.2) is 47.4 Å². The molecule has 0 atom stereocenters. The van der Waals surface area contributed by atoms with E-state index in [-0.39, 0.29) is 10.5 Å². The Balaban J connectivity index is 1.84. The number of rotatable bonds is 5. The van der Waals surface area contributed by atoms with E-state index >= 15 is 0 Å². The van der Waals surface area contributed by atoms with Crippen LogP contribution in [0.4, 0.5) is 0 Å². The highest BCUT2D eigenvalue weighted by atomic mass is 32.2. The van der Waals surface area contributed by atoms with Gasteiger partial charge in [-0.15, -0.1) is 0 Å². The highest BCUT2D eigenvalue weighted by Crippen LogP contribution is 2.31. The highest BCUT2D eigenvalue weighted by molar-refractivity contribution is 7.89. The molecule has 4 rings (SSSR count). The van der Waals surface area contributed by atoms with E-state index in [4.69, 9.17) is 4.74 Å². The van der Waals surface area contributed by atoms with Gasteiger partial charge in [0.2, 0.25) is 10.0 Å². The average Bonchev–Trinajstić information content (AvgIpc) is 2.78. The van der Waals surface area contributed by atoms with E-state index in [2.05, 4.69) is 4.98 Å². The van der Waals surface area contributed by atoms with Gasteiger partial charge in [0.05, 0.1) is 28.8 Å². The number of carbonyl (C=O) groups is 1. The van der Waals surface area contributed by atoms with Crippen LogP contribution in [0.5, 0.6) is 5.75 Å². The van der Waals surface area contributed by atoms with Crippen LogP contribution >= 0.6 is 0 Å². The van der Waals surface area contributed by atoms with Gasteiger partial charge in [-0.2, -0.15) is 4.31 Å². The second-order valence-corrected chi connectivity index (χ2v) is 9.62. The molecule has 3 aromatic rings. The van der Waals surface area contributed by atoms with Gasteiger partial charge in [-0.25, -0.2) is 18.2 Å². The summed E-state index contributed by atoms with van der Waals surface area (Å²) < 4.78 is 32.8. The van der Waals surface area contributed by atoms with Crippen LogP contribution in [0.1, 0.15) is 35.2 Å². The molecule has 0 aliphatic carbocycles. The third kappa shape index (κ3) is 4.00. The molecule has 0 radical (unpaired) electrons. The molecule has 1 aliphatic rings. The van der Waals surface area contributed by atoms with Crippen molar-refractivity contribution in [3.8, 4) is 17.0 Å². The number of benzene rings is 2. The minimum atomic E-state index is -3.67. The molecule has 0 amide bonds. The number of fused-ring (bicyclic) bond motifs is 1. The fourth-order valence-corrected chi connectivity index (χ4v) is 5.53. The van der Waals surface area contributed by atoms with E-state index in [1.165, 1.54) is 22.5 Å². The molecular formula is C23H24N2O5S. The van der Waals surface area contributed by atoms with Gasteiger partial charge in [-0.05, 0) is 67.8 Å². The molecule has 1 saturated heterocycles. The molecule has 1 aromatic heterocycles. The summed E-state index contributed by atoms with van der Waals surface area (Å²) in [6.45, 7) is 2.87. The molecule has 0 unspecified atom stereocenters. The number of carboxylic acid groups (broad SMARTS) is 1. The summed E-state index contributed by atoms with van der Waals surface area (Å²) in [5.41, 5.74) is 2.65. The number of nitrogens with zero attached hydrogens (tertiary/aromatic N) is 2. The van der Waals surface area contributed by atoms with E-state index in [9.17, 15) is 18.3 Å². The Morgan fingerprint density at radius 1 is 1.06 bits per heavy atom. The lowest BCUT2D eigenvalue weighted by Crippen LogP contribution is -2.35. The summed E-state index contributed by atoms with van der Waals surface area (Å²) in [5.74, 6) is -0.430. The zero-order valence-corrected chi connectivity index (χ0v) is 18.3. The van der Waals surface area contributed by atoms with E-state index in [0.717, 1.165) is 30.4 Å². The van der Waals surface area contributed by atoms with Gasteiger partial charge in [0.1, 0.15) is 5.75 Å². The van der Waals surface area contributed by atoms with Gasteiger partial charge >= 0.3 is 5.97 Å². The predicted molar refractivity (Wildman–Crippen MR) is 118 cm³/mol. The third-order valence-electron chi connectivity index (χ3n) is 5.67. The van der Waals surface area contributed by atoms with Crippen molar-refractivity contribution in [2.45, 2.75) is 31.1 Å². The maximum absolute atomic E-state index is 13.1. The van der Waals surface area contributed by atoms with Gasteiger partial charge in [0.15, 0.2) is 0 Å². The standard InChI is InChI=1S/C23H24N2O5S/c1-15-12-16(30-2)6-8-18(15)22-14-20(23(26)27)19-13-17(7-9-21(19)24-22)31(28,29)25-10-4-3-5-11-25/h6-9,12-14H,3-5,10-11H2,1-2H3,(H,26,27). The fraction of sp³-hybridized carbons (Fsp3) is 0.304. The first-order valence-electron chi connectivity index (χ1n) is 10.1. The molecule has 31 heavy (non-hydrogen) atoms. The SMILES string of the molecule is COc1ccc(-c2cc(C(=O)O)c3cc(S(=O)(=O)N4CCCCC4)ccc3n2)c(C)c1. The second kappa shape index (κ2) is 8.28. The lowest BCUT2D eigenvalue weighted by molar-refractivity contribution is 0.0699. The van der Waals surface area contributed by atoms with Gasteiger partial charge in [0, 0.05) is 24.0 Å². The van der Waals surface area contributed by atoms with E-state index in [0.29, 0.717) is 35.4 Å². The largest absolute Gasteiger partial charge is 0.497 e. The maximum atomic E-state index is 13.1. The van der Waals surface area contributed by atoms with Gasteiger partial charge in [-0.1, -0.05) is 6.42 Å². The smallest absolute Gasteiger partial charge is 0.336 e. The van der Waals surface area contributed by atoms with Crippen molar-refractivity contribution in [3.05, 3.63) is 53.6 Å². The number of hydrogen-bond donors (Lipinski definition) is 1. The van der Waals surface area contributed by atoms with Crippen LogP contribution in [-0.4, -0.2) is 49.0 Å². The zero-order valence-electron chi connectivity index (χ0n) is 17.5. The average molecular weight is 441 g/mol. The van der Waals surface area contributed by atoms with Crippen LogP contribution in [-0.2, 0) is 10.0 Å². The van der Waals surface area contributed by atoms with Crippen molar-refractivity contribution in [1.82, 2.24) is 9.29 Å². The molecule has 1 aliphatic heterocycles. The maximum Gasteiger partial charge on any atom is 0.336 e. The molecule has 7 nitrogen and oxygen atoms in total. The number of hydrogen-bond acceptors (Lipinski definition) is 5.